The molecule has 2 nitrogen and oxygen atoms in total. The van der Waals surface area contributed by atoms with E-state index in [1.165, 1.54) is 18.3 Å². The van der Waals surface area contributed by atoms with E-state index >= 15 is 0 Å². The first-order chi connectivity index (χ1) is 8.06. The van der Waals surface area contributed by atoms with Crippen molar-refractivity contribution >= 4 is 17.1 Å². The lowest BCUT2D eigenvalue weighted by Crippen LogP contribution is -1.95. The van der Waals surface area contributed by atoms with Crippen LogP contribution in [0.1, 0.15) is 11.9 Å². The largest absolute Gasteiger partial charge is 0.300 e. The van der Waals surface area contributed by atoms with Crippen LogP contribution in [0.25, 0.3) is 11.3 Å². The van der Waals surface area contributed by atoms with Crippen LogP contribution in [0.5, 0.6) is 0 Å². The smallest absolute Gasteiger partial charge is 0.136 e. The maximum atomic E-state index is 13.5. The highest BCUT2D eigenvalue weighted by atomic mass is 32.1. The molecule has 0 aliphatic carbocycles. The lowest BCUT2D eigenvalue weighted by Gasteiger charge is -1.99. The Morgan fingerprint density at radius 3 is 2.88 bits per heavy atom. The molecule has 0 bridgehead atoms. The fraction of sp³-hybridized carbons (Fsp3) is 0.167. The van der Waals surface area contributed by atoms with E-state index in [0.29, 0.717) is 10.7 Å². The van der Waals surface area contributed by atoms with Gasteiger partial charge in [-0.2, -0.15) is 0 Å². The van der Waals surface area contributed by atoms with Gasteiger partial charge in [-0.15, -0.1) is 11.3 Å². The van der Waals surface area contributed by atoms with Crippen LogP contribution in [-0.2, 0) is 11.2 Å². The highest BCUT2D eigenvalue weighted by Crippen LogP contribution is 2.25. The molecule has 0 saturated carbocycles. The van der Waals surface area contributed by atoms with Gasteiger partial charge in [-0.1, -0.05) is 0 Å². The van der Waals surface area contributed by atoms with Crippen LogP contribution in [-0.4, -0.2) is 10.8 Å². The summed E-state index contributed by atoms with van der Waals surface area (Å²) in [5.74, 6) is -1.04. The van der Waals surface area contributed by atoms with Gasteiger partial charge in [0.15, 0.2) is 0 Å². The second-order valence-electron chi connectivity index (χ2n) is 3.63. The molecule has 2 aromatic rings. The van der Waals surface area contributed by atoms with Crippen molar-refractivity contribution in [1.82, 2.24) is 4.98 Å². The summed E-state index contributed by atoms with van der Waals surface area (Å²) in [5, 5.41) is 2.23. The lowest BCUT2D eigenvalue weighted by molar-refractivity contribution is -0.116. The maximum absolute atomic E-state index is 13.5. The van der Waals surface area contributed by atoms with Crippen LogP contribution in [0, 0.1) is 11.6 Å². The summed E-state index contributed by atoms with van der Waals surface area (Å²) < 4.78 is 26.5. The highest BCUT2D eigenvalue weighted by molar-refractivity contribution is 7.10. The fourth-order valence-corrected chi connectivity index (χ4v) is 2.29. The maximum Gasteiger partial charge on any atom is 0.136 e. The SMILES string of the molecule is CC(=O)Cc1nc(-c2cc(F)ccc2F)cs1. The Morgan fingerprint density at radius 2 is 2.18 bits per heavy atom. The first-order valence-electron chi connectivity index (χ1n) is 4.95. The number of aromatic nitrogens is 1. The fourth-order valence-electron chi connectivity index (χ4n) is 1.42. The average Bonchev–Trinajstić information content (AvgIpc) is 2.69. The third-order valence-electron chi connectivity index (χ3n) is 2.16. The third-order valence-corrected chi connectivity index (χ3v) is 3.01. The van der Waals surface area contributed by atoms with Crippen molar-refractivity contribution < 1.29 is 13.6 Å². The Balaban J connectivity index is 2.36. The van der Waals surface area contributed by atoms with Crippen molar-refractivity contribution in [2.75, 3.05) is 0 Å². The topological polar surface area (TPSA) is 30.0 Å². The Hall–Kier alpha value is -1.62. The Kier molecular flexibility index (Phi) is 3.28. The number of carbonyl (C=O) groups is 1. The Morgan fingerprint density at radius 1 is 1.41 bits per heavy atom. The van der Waals surface area contributed by atoms with Crippen LogP contribution < -0.4 is 0 Å². The van der Waals surface area contributed by atoms with Crippen molar-refractivity contribution in [2.24, 2.45) is 0 Å². The third kappa shape index (κ3) is 2.74. The first kappa shape index (κ1) is 11.9. The summed E-state index contributed by atoms with van der Waals surface area (Å²) >= 11 is 1.27. The number of thiazole rings is 1. The van der Waals surface area contributed by atoms with Gasteiger partial charge in [0.2, 0.25) is 0 Å². The average molecular weight is 253 g/mol. The lowest BCUT2D eigenvalue weighted by atomic mass is 10.1. The van der Waals surface area contributed by atoms with Gasteiger partial charge in [0.1, 0.15) is 22.4 Å². The Bertz CT molecular complexity index is 565. The second-order valence-corrected chi connectivity index (χ2v) is 4.57. The van der Waals surface area contributed by atoms with E-state index in [9.17, 15) is 13.6 Å². The van der Waals surface area contributed by atoms with E-state index in [1.807, 2.05) is 0 Å². The molecule has 2 rings (SSSR count). The number of Topliss-reactive ketones (excluding diaryl/α,β-unsaturated/α-hetero) is 1. The number of ketones is 1. The van der Waals surface area contributed by atoms with Gasteiger partial charge in [0.05, 0.1) is 12.1 Å². The molecule has 0 radical (unpaired) electrons. The van der Waals surface area contributed by atoms with Gasteiger partial charge in [-0.25, -0.2) is 13.8 Å². The normalized spacial score (nSPS) is 10.5. The number of hydrogen-bond acceptors (Lipinski definition) is 3. The van der Waals surface area contributed by atoms with Gasteiger partial charge < -0.3 is 0 Å². The first-order valence-corrected chi connectivity index (χ1v) is 5.83. The molecule has 0 fully saturated rings. The summed E-state index contributed by atoms with van der Waals surface area (Å²) in [6, 6.07) is 3.22. The minimum atomic E-state index is -0.522. The summed E-state index contributed by atoms with van der Waals surface area (Å²) in [5.41, 5.74) is 0.485. The molecule has 0 spiro atoms. The number of rotatable bonds is 3. The van der Waals surface area contributed by atoms with Crippen molar-refractivity contribution in [2.45, 2.75) is 13.3 Å². The van der Waals surface area contributed by atoms with Crippen LogP contribution in [0.2, 0.25) is 0 Å². The molecule has 0 unspecified atom stereocenters. The monoisotopic (exact) mass is 253 g/mol. The molecule has 0 saturated heterocycles. The van der Waals surface area contributed by atoms with E-state index in [1.54, 1.807) is 5.38 Å². The van der Waals surface area contributed by atoms with Crippen molar-refractivity contribution in [3.05, 3.63) is 40.2 Å². The molecule has 1 heterocycles. The van der Waals surface area contributed by atoms with Gasteiger partial charge in [0, 0.05) is 10.9 Å². The molecule has 17 heavy (non-hydrogen) atoms. The number of hydrogen-bond donors (Lipinski definition) is 0. The summed E-state index contributed by atoms with van der Waals surface area (Å²) in [6.45, 7) is 1.46. The predicted octanol–water partition coefficient (Wildman–Crippen LogP) is 3.22. The van der Waals surface area contributed by atoms with Crippen LogP contribution in [0.4, 0.5) is 8.78 Å². The molecule has 5 heteroatoms. The van der Waals surface area contributed by atoms with Crippen LogP contribution in [0.15, 0.2) is 23.6 Å². The van der Waals surface area contributed by atoms with Crippen LogP contribution >= 0.6 is 11.3 Å². The van der Waals surface area contributed by atoms with Crippen molar-refractivity contribution in [3.63, 3.8) is 0 Å². The molecule has 1 aromatic carbocycles. The van der Waals surface area contributed by atoms with E-state index in [2.05, 4.69) is 4.98 Å². The number of halogens is 2. The quantitative estimate of drug-likeness (QED) is 0.840. The standard InChI is InChI=1S/C12H9F2NOS/c1-7(16)4-12-15-11(6-17-12)9-5-8(13)2-3-10(9)14/h2-3,5-6H,4H2,1H3. The number of benzene rings is 1. The molecule has 0 amide bonds. The van der Waals surface area contributed by atoms with Crippen molar-refractivity contribution in [3.8, 4) is 11.3 Å². The summed E-state index contributed by atoms with van der Waals surface area (Å²) in [7, 11) is 0. The van der Waals surface area contributed by atoms with E-state index < -0.39 is 11.6 Å². The molecule has 1 aromatic heterocycles. The molecular weight excluding hydrogens is 244 g/mol. The van der Waals surface area contributed by atoms with Gasteiger partial charge >= 0.3 is 0 Å². The van der Waals surface area contributed by atoms with E-state index in [-0.39, 0.29) is 17.8 Å². The van der Waals surface area contributed by atoms with E-state index in [0.717, 1.165) is 18.2 Å². The van der Waals surface area contributed by atoms with Gasteiger partial charge in [0.25, 0.3) is 0 Å². The minimum absolute atomic E-state index is 0.00869. The molecule has 88 valence electrons. The zero-order chi connectivity index (χ0) is 12.4. The summed E-state index contributed by atoms with van der Waals surface area (Å²) in [4.78, 5) is 15.0. The van der Waals surface area contributed by atoms with Crippen molar-refractivity contribution in [1.29, 1.82) is 0 Å². The molecule has 0 N–H and O–H groups in total. The van der Waals surface area contributed by atoms with Gasteiger partial charge in [-0.05, 0) is 25.1 Å². The molecule has 0 aliphatic heterocycles. The number of nitrogens with zero attached hydrogens (tertiary/aromatic N) is 1. The highest BCUT2D eigenvalue weighted by Gasteiger charge is 2.11. The minimum Gasteiger partial charge on any atom is -0.300 e. The molecule has 0 aliphatic rings. The van der Waals surface area contributed by atoms with Gasteiger partial charge in [-0.3, -0.25) is 4.79 Å². The predicted molar refractivity (Wildman–Crippen MR) is 61.9 cm³/mol. The second kappa shape index (κ2) is 4.71. The zero-order valence-electron chi connectivity index (χ0n) is 9.04. The van der Waals surface area contributed by atoms with E-state index in [4.69, 9.17) is 0 Å². The Labute approximate surface area is 101 Å². The number of carbonyl (C=O) groups excluding carboxylic acids is 1. The molecule has 0 atom stereocenters. The summed E-state index contributed by atoms with van der Waals surface area (Å²) in [6.07, 6.45) is 0.224. The van der Waals surface area contributed by atoms with Crippen LogP contribution in [0.3, 0.4) is 0 Å². The zero-order valence-corrected chi connectivity index (χ0v) is 9.85. The molecular formula is C12H9F2NOS.